The highest BCUT2D eigenvalue weighted by molar-refractivity contribution is 4.90. The fourth-order valence-electron chi connectivity index (χ4n) is 4.69. The molecule has 0 saturated heterocycles. The normalized spacial score (nSPS) is 38.2. The molecule has 0 bridgehead atoms. The van der Waals surface area contributed by atoms with Crippen molar-refractivity contribution in [3.63, 3.8) is 0 Å². The second kappa shape index (κ2) is 5.94. The van der Waals surface area contributed by atoms with E-state index in [-0.39, 0.29) is 0 Å². The van der Waals surface area contributed by atoms with Crippen LogP contribution in [-0.4, -0.2) is 12.6 Å². The first kappa shape index (κ1) is 13.0. The summed E-state index contributed by atoms with van der Waals surface area (Å²) in [6.07, 6.45) is 15.3. The first-order chi connectivity index (χ1) is 8.86. The minimum atomic E-state index is 0.852. The summed E-state index contributed by atoms with van der Waals surface area (Å²) in [5.41, 5.74) is 0. The molecule has 3 rings (SSSR count). The van der Waals surface area contributed by atoms with Gasteiger partial charge in [-0.05, 0) is 55.9 Å². The van der Waals surface area contributed by atoms with Crippen LogP contribution in [0.15, 0.2) is 0 Å². The van der Waals surface area contributed by atoms with E-state index in [0.29, 0.717) is 0 Å². The average molecular weight is 249 g/mol. The standard InChI is InChI=1S/C17H31N/c1-2-18-17(11-13-7-8-13)16-10-9-14-5-3-4-6-15(14)12-16/h13-18H,2-12H2,1H3. The van der Waals surface area contributed by atoms with Gasteiger partial charge in [-0.2, -0.15) is 0 Å². The number of hydrogen-bond donors (Lipinski definition) is 1. The van der Waals surface area contributed by atoms with Crippen LogP contribution >= 0.6 is 0 Å². The Balaban J connectivity index is 1.56. The Morgan fingerprint density at radius 1 is 0.944 bits per heavy atom. The van der Waals surface area contributed by atoms with Crippen molar-refractivity contribution in [2.75, 3.05) is 6.54 Å². The van der Waals surface area contributed by atoms with E-state index in [4.69, 9.17) is 0 Å². The van der Waals surface area contributed by atoms with Crippen LogP contribution in [0.4, 0.5) is 0 Å². The van der Waals surface area contributed by atoms with Crippen LogP contribution in [-0.2, 0) is 0 Å². The molecular weight excluding hydrogens is 218 g/mol. The van der Waals surface area contributed by atoms with Crippen LogP contribution in [0.1, 0.15) is 71.1 Å². The fourth-order valence-corrected chi connectivity index (χ4v) is 4.69. The van der Waals surface area contributed by atoms with Gasteiger partial charge in [0, 0.05) is 6.04 Å². The Morgan fingerprint density at radius 2 is 1.72 bits per heavy atom. The van der Waals surface area contributed by atoms with Gasteiger partial charge in [0.05, 0.1) is 0 Å². The van der Waals surface area contributed by atoms with E-state index in [1.807, 2.05) is 0 Å². The van der Waals surface area contributed by atoms with Crippen LogP contribution in [0.2, 0.25) is 0 Å². The van der Waals surface area contributed by atoms with Gasteiger partial charge in [0.1, 0.15) is 0 Å². The van der Waals surface area contributed by atoms with Crippen molar-refractivity contribution < 1.29 is 0 Å². The van der Waals surface area contributed by atoms with Crippen molar-refractivity contribution in [1.29, 1.82) is 0 Å². The minimum Gasteiger partial charge on any atom is -0.314 e. The highest BCUT2D eigenvalue weighted by Crippen LogP contribution is 2.45. The molecule has 3 saturated carbocycles. The maximum Gasteiger partial charge on any atom is 0.00979 e. The molecule has 0 aromatic heterocycles. The number of nitrogens with one attached hydrogen (secondary N) is 1. The molecule has 104 valence electrons. The molecule has 18 heavy (non-hydrogen) atoms. The molecule has 1 nitrogen and oxygen atoms in total. The second-order valence-electron chi connectivity index (χ2n) is 7.22. The largest absolute Gasteiger partial charge is 0.314 e. The van der Waals surface area contributed by atoms with Crippen molar-refractivity contribution in [1.82, 2.24) is 5.32 Å². The van der Waals surface area contributed by atoms with E-state index in [1.54, 1.807) is 25.7 Å². The summed E-state index contributed by atoms with van der Waals surface area (Å²) in [6.45, 7) is 3.45. The zero-order chi connectivity index (χ0) is 12.4. The molecule has 1 heteroatoms. The van der Waals surface area contributed by atoms with Crippen molar-refractivity contribution >= 4 is 0 Å². The molecule has 0 amide bonds. The fraction of sp³-hybridized carbons (Fsp3) is 1.00. The van der Waals surface area contributed by atoms with Crippen LogP contribution in [0, 0.1) is 23.7 Å². The van der Waals surface area contributed by atoms with Gasteiger partial charge >= 0.3 is 0 Å². The predicted octanol–water partition coefficient (Wildman–Crippen LogP) is 4.37. The third-order valence-electron chi connectivity index (χ3n) is 5.90. The molecule has 0 radical (unpaired) electrons. The quantitative estimate of drug-likeness (QED) is 0.763. The first-order valence-electron chi connectivity index (χ1n) is 8.60. The Hall–Kier alpha value is -0.0400. The Bertz CT molecular complexity index is 258. The maximum absolute atomic E-state index is 3.82. The van der Waals surface area contributed by atoms with Gasteiger partial charge in [0.2, 0.25) is 0 Å². The van der Waals surface area contributed by atoms with Crippen molar-refractivity contribution in [2.45, 2.75) is 77.2 Å². The molecule has 3 fully saturated rings. The molecule has 0 aromatic carbocycles. The molecule has 4 atom stereocenters. The van der Waals surface area contributed by atoms with Gasteiger partial charge < -0.3 is 5.32 Å². The minimum absolute atomic E-state index is 0.852. The molecule has 3 aliphatic rings. The number of fused-ring (bicyclic) bond motifs is 1. The zero-order valence-electron chi connectivity index (χ0n) is 12.2. The summed E-state index contributed by atoms with van der Waals surface area (Å²) in [6, 6.07) is 0.852. The van der Waals surface area contributed by atoms with Gasteiger partial charge in [-0.25, -0.2) is 0 Å². The van der Waals surface area contributed by atoms with E-state index < -0.39 is 0 Å². The Kier molecular flexibility index (Phi) is 4.28. The summed E-state index contributed by atoms with van der Waals surface area (Å²) in [7, 11) is 0. The Morgan fingerprint density at radius 3 is 2.44 bits per heavy atom. The highest BCUT2D eigenvalue weighted by Gasteiger charge is 2.36. The van der Waals surface area contributed by atoms with Crippen molar-refractivity contribution in [3.8, 4) is 0 Å². The summed E-state index contributed by atoms with van der Waals surface area (Å²) in [5.74, 6) is 4.29. The molecular formula is C17H31N. The monoisotopic (exact) mass is 249 g/mol. The third-order valence-corrected chi connectivity index (χ3v) is 5.90. The Labute approximate surface area is 113 Å². The van der Waals surface area contributed by atoms with Gasteiger partial charge in [0.25, 0.3) is 0 Å². The SMILES string of the molecule is CCNC(CC1CC1)C1CCC2CCCCC2C1. The molecule has 1 N–H and O–H groups in total. The third kappa shape index (κ3) is 3.10. The van der Waals surface area contributed by atoms with E-state index in [2.05, 4.69) is 12.2 Å². The van der Waals surface area contributed by atoms with E-state index in [9.17, 15) is 0 Å². The van der Waals surface area contributed by atoms with Crippen molar-refractivity contribution in [3.05, 3.63) is 0 Å². The van der Waals surface area contributed by atoms with Crippen LogP contribution < -0.4 is 5.32 Å². The molecule has 0 heterocycles. The topological polar surface area (TPSA) is 12.0 Å². The lowest BCUT2D eigenvalue weighted by molar-refractivity contribution is 0.106. The van der Waals surface area contributed by atoms with Crippen molar-refractivity contribution in [2.24, 2.45) is 23.7 Å². The smallest absolute Gasteiger partial charge is 0.00979 e. The van der Waals surface area contributed by atoms with Crippen LogP contribution in [0.25, 0.3) is 0 Å². The summed E-state index contributed by atoms with van der Waals surface area (Å²) in [4.78, 5) is 0. The lowest BCUT2D eigenvalue weighted by Crippen LogP contribution is -2.41. The molecule has 4 unspecified atom stereocenters. The average Bonchev–Trinajstić information content (AvgIpc) is 3.22. The second-order valence-corrected chi connectivity index (χ2v) is 7.22. The predicted molar refractivity (Wildman–Crippen MR) is 77.6 cm³/mol. The van der Waals surface area contributed by atoms with Crippen LogP contribution in [0.5, 0.6) is 0 Å². The first-order valence-corrected chi connectivity index (χ1v) is 8.60. The molecule has 0 aromatic rings. The summed E-state index contributed by atoms with van der Waals surface area (Å²) in [5, 5.41) is 3.82. The van der Waals surface area contributed by atoms with Gasteiger partial charge in [-0.15, -0.1) is 0 Å². The van der Waals surface area contributed by atoms with Gasteiger partial charge in [-0.1, -0.05) is 45.4 Å². The zero-order valence-corrected chi connectivity index (χ0v) is 12.2. The summed E-state index contributed by atoms with van der Waals surface area (Å²) < 4.78 is 0. The maximum atomic E-state index is 3.82. The van der Waals surface area contributed by atoms with E-state index in [1.165, 1.54) is 45.1 Å². The molecule has 0 spiro atoms. The highest BCUT2D eigenvalue weighted by atomic mass is 14.9. The van der Waals surface area contributed by atoms with E-state index >= 15 is 0 Å². The lowest BCUT2D eigenvalue weighted by Gasteiger charge is -2.42. The number of rotatable bonds is 5. The van der Waals surface area contributed by atoms with E-state index in [0.717, 1.165) is 29.7 Å². The lowest BCUT2D eigenvalue weighted by atomic mass is 9.65. The molecule has 3 aliphatic carbocycles. The van der Waals surface area contributed by atoms with Crippen LogP contribution in [0.3, 0.4) is 0 Å². The number of hydrogen-bond acceptors (Lipinski definition) is 1. The molecule has 0 aliphatic heterocycles. The van der Waals surface area contributed by atoms with Gasteiger partial charge in [-0.3, -0.25) is 0 Å². The summed E-state index contributed by atoms with van der Waals surface area (Å²) >= 11 is 0. The van der Waals surface area contributed by atoms with Gasteiger partial charge in [0.15, 0.2) is 0 Å².